The molecule has 0 spiro atoms. The van der Waals surface area contributed by atoms with Gasteiger partial charge in [0.05, 0.1) is 11.2 Å². The van der Waals surface area contributed by atoms with Crippen molar-refractivity contribution in [2.45, 2.75) is 0 Å². The van der Waals surface area contributed by atoms with E-state index in [2.05, 4.69) is 158 Å². The Morgan fingerprint density at radius 3 is 1.73 bits per heavy atom. The van der Waals surface area contributed by atoms with Crippen LogP contribution in [0.2, 0.25) is 0 Å². The third-order valence-corrected chi connectivity index (χ3v) is 9.87. The van der Waals surface area contributed by atoms with E-state index in [1.807, 2.05) is 24.3 Å². The predicted molar refractivity (Wildman–Crippen MR) is 212 cm³/mol. The van der Waals surface area contributed by atoms with Crippen molar-refractivity contribution in [2.24, 2.45) is 0 Å². The van der Waals surface area contributed by atoms with Gasteiger partial charge in [-0.3, -0.25) is 0 Å². The maximum Gasteiger partial charge on any atom is 0.160 e. The molecule has 0 saturated heterocycles. The van der Waals surface area contributed by atoms with E-state index in [0.29, 0.717) is 5.82 Å². The van der Waals surface area contributed by atoms with Gasteiger partial charge in [0, 0.05) is 27.3 Å². The molecule has 0 bridgehead atoms. The monoisotopic (exact) mass is 650 g/mol. The molecule has 8 aromatic carbocycles. The second-order valence-electron chi connectivity index (χ2n) is 13.0. The molecule has 0 fully saturated rings. The summed E-state index contributed by atoms with van der Waals surface area (Å²) in [6.45, 7) is 0. The Balaban J connectivity index is 1.10. The van der Waals surface area contributed by atoms with Crippen LogP contribution in [0.1, 0.15) is 0 Å². The molecule has 0 N–H and O–H groups in total. The van der Waals surface area contributed by atoms with E-state index in [1.54, 1.807) is 0 Å². The largest absolute Gasteiger partial charge is 0.456 e. The van der Waals surface area contributed by atoms with Gasteiger partial charge in [0.25, 0.3) is 0 Å². The molecule has 0 unspecified atom stereocenters. The van der Waals surface area contributed by atoms with Crippen LogP contribution in [0.15, 0.2) is 186 Å². The molecule has 0 aliphatic carbocycles. The van der Waals surface area contributed by atoms with Gasteiger partial charge in [0.15, 0.2) is 5.82 Å². The van der Waals surface area contributed by atoms with Crippen LogP contribution in [-0.4, -0.2) is 9.97 Å². The third kappa shape index (κ3) is 5.15. The molecule has 0 aliphatic heterocycles. The molecule has 238 valence electrons. The lowest BCUT2D eigenvalue weighted by Gasteiger charge is -2.12. The Kier molecular flexibility index (Phi) is 6.81. The summed E-state index contributed by atoms with van der Waals surface area (Å²) >= 11 is 0. The van der Waals surface area contributed by atoms with Gasteiger partial charge in [0.1, 0.15) is 11.2 Å². The number of benzene rings is 8. The first kappa shape index (κ1) is 29.1. The van der Waals surface area contributed by atoms with Crippen molar-refractivity contribution >= 4 is 43.6 Å². The van der Waals surface area contributed by atoms with Gasteiger partial charge in [-0.15, -0.1) is 0 Å². The minimum Gasteiger partial charge on any atom is -0.456 e. The summed E-state index contributed by atoms with van der Waals surface area (Å²) in [5, 5.41) is 5.47. The van der Waals surface area contributed by atoms with E-state index < -0.39 is 0 Å². The smallest absolute Gasteiger partial charge is 0.160 e. The number of rotatable bonds is 5. The number of nitrogens with zero attached hydrogens (tertiary/aromatic N) is 2. The van der Waals surface area contributed by atoms with Crippen molar-refractivity contribution in [3.8, 4) is 56.0 Å². The second kappa shape index (κ2) is 11.9. The standard InChI is InChI=1S/C48H30N2O/c1-2-10-31(11-3-1)33-20-22-34(23-21-33)36-14-8-15-37(28-36)38-16-9-17-40(30-38)48-49-42-26-27-44-45(41-18-6-7-19-43(41)51-44)46(42)47(50-48)39-25-24-32-12-4-5-13-35(32)29-39/h1-30H. The number of aromatic nitrogens is 2. The van der Waals surface area contributed by atoms with Crippen molar-refractivity contribution in [2.75, 3.05) is 0 Å². The van der Waals surface area contributed by atoms with Crippen molar-refractivity contribution < 1.29 is 4.42 Å². The average molecular weight is 651 g/mol. The Labute approximate surface area is 295 Å². The van der Waals surface area contributed by atoms with Crippen LogP contribution in [0.25, 0.3) is 99.6 Å². The van der Waals surface area contributed by atoms with Crippen molar-refractivity contribution in [1.29, 1.82) is 0 Å². The van der Waals surface area contributed by atoms with Gasteiger partial charge in [-0.1, -0.05) is 146 Å². The zero-order valence-corrected chi connectivity index (χ0v) is 27.6. The fourth-order valence-corrected chi connectivity index (χ4v) is 7.32. The van der Waals surface area contributed by atoms with Gasteiger partial charge < -0.3 is 4.42 Å². The highest BCUT2D eigenvalue weighted by Crippen LogP contribution is 2.40. The van der Waals surface area contributed by atoms with Gasteiger partial charge in [-0.25, -0.2) is 9.97 Å². The molecule has 10 rings (SSSR count). The molecule has 0 amide bonds. The van der Waals surface area contributed by atoms with Crippen LogP contribution >= 0.6 is 0 Å². The molecule has 0 saturated carbocycles. The Bertz CT molecular complexity index is 2910. The molecule has 3 nitrogen and oxygen atoms in total. The Morgan fingerprint density at radius 2 is 0.922 bits per heavy atom. The molecule has 51 heavy (non-hydrogen) atoms. The van der Waals surface area contributed by atoms with E-state index in [-0.39, 0.29) is 0 Å². The molecular formula is C48H30N2O. The van der Waals surface area contributed by atoms with E-state index in [1.165, 1.54) is 33.0 Å². The van der Waals surface area contributed by atoms with Crippen LogP contribution in [0.3, 0.4) is 0 Å². The highest BCUT2D eigenvalue weighted by atomic mass is 16.3. The number of hydrogen-bond acceptors (Lipinski definition) is 3. The van der Waals surface area contributed by atoms with Gasteiger partial charge >= 0.3 is 0 Å². The highest BCUT2D eigenvalue weighted by Gasteiger charge is 2.19. The summed E-state index contributed by atoms with van der Waals surface area (Å²) in [6, 6.07) is 63.9. The number of furan rings is 1. The summed E-state index contributed by atoms with van der Waals surface area (Å²) in [7, 11) is 0. The van der Waals surface area contributed by atoms with E-state index >= 15 is 0 Å². The zero-order chi connectivity index (χ0) is 33.7. The van der Waals surface area contributed by atoms with Crippen LogP contribution in [0, 0.1) is 0 Å². The summed E-state index contributed by atoms with van der Waals surface area (Å²) < 4.78 is 6.31. The maximum atomic E-state index is 6.31. The molecule has 0 radical (unpaired) electrons. The van der Waals surface area contributed by atoms with Crippen molar-refractivity contribution in [1.82, 2.24) is 9.97 Å². The van der Waals surface area contributed by atoms with Crippen LogP contribution in [0.4, 0.5) is 0 Å². The first-order valence-electron chi connectivity index (χ1n) is 17.2. The third-order valence-electron chi connectivity index (χ3n) is 9.87. The fraction of sp³-hybridized carbons (Fsp3) is 0. The Morgan fingerprint density at radius 1 is 0.333 bits per heavy atom. The number of para-hydroxylation sites is 1. The summed E-state index contributed by atoms with van der Waals surface area (Å²) in [5.41, 5.74) is 12.5. The van der Waals surface area contributed by atoms with Crippen molar-refractivity contribution in [3.05, 3.63) is 182 Å². The topological polar surface area (TPSA) is 38.9 Å². The Hall–Kier alpha value is -6.84. The van der Waals surface area contributed by atoms with Gasteiger partial charge in [0.2, 0.25) is 0 Å². The number of fused-ring (bicyclic) bond motifs is 6. The van der Waals surface area contributed by atoms with Gasteiger partial charge in [-0.05, 0) is 80.6 Å². The molecule has 2 aromatic heterocycles. The summed E-state index contributed by atoms with van der Waals surface area (Å²) in [6.07, 6.45) is 0. The lowest BCUT2D eigenvalue weighted by atomic mass is 9.96. The van der Waals surface area contributed by atoms with Gasteiger partial charge in [-0.2, -0.15) is 0 Å². The molecule has 10 aromatic rings. The number of hydrogen-bond donors (Lipinski definition) is 0. The summed E-state index contributed by atoms with van der Waals surface area (Å²) in [4.78, 5) is 10.6. The average Bonchev–Trinajstić information content (AvgIpc) is 3.60. The molecule has 3 heteroatoms. The van der Waals surface area contributed by atoms with Crippen LogP contribution < -0.4 is 0 Å². The first-order chi connectivity index (χ1) is 25.2. The fourth-order valence-electron chi connectivity index (χ4n) is 7.32. The minimum atomic E-state index is 0.687. The molecule has 0 atom stereocenters. The molecule has 0 aliphatic rings. The molecular weight excluding hydrogens is 621 g/mol. The first-order valence-corrected chi connectivity index (χ1v) is 17.2. The van der Waals surface area contributed by atoms with Crippen LogP contribution in [0.5, 0.6) is 0 Å². The zero-order valence-electron chi connectivity index (χ0n) is 27.6. The second-order valence-corrected chi connectivity index (χ2v) is 13.0. The predicted octanol–water partition coefficient (Wildman–Crippen LogP) is 13.0. The minimum absolute atomic E-state index is 0.687. The SMILES string of the molecule is c1ccc(-c2ccc(-c3cccc(-c4cccc(-c5nc(-c6ccc7ccccc7c6)c6c(ccc7oc8ccccc8c76)n5)c4)c3)cc2)cc1. The summed E-state index contributed by atoms with van der Waals surface area (Å²) in [5.74, 6) is 0.687. The maximum absolute atomic E-state index is 6.31. The highest BCUT2D eigenvalue weighted by molar-refractivity contribution is 6.22. The van der Waals surface area contributed by atoms with E-state index in [9.17, 15) is 0 Å². The van der Waals surface area contributed by atoms with Crippen molar-refractivity contribution in [3.63, 3.8) is 0 Å². The van der Waals surface area contributed by atoms with Crippen LogP contribution in [-0.2, 0) is 0 Å². The van der Waals surface area contributed by atoms with E-state index in [4.69, 9.17) is 14.4 Å². The lowest BCUT2D eigenvalue weighted by Crippen LogP contribution is -1.96. The van der Waals surface area contributed by atoms with E-state index in [0.717, 1.165) is 60.8 Å². The molecule has 2 heterocycles. The lowest BCUT2D eigenvalue weighted by molar-refractivity contribution is 0.669. The normalized spacial score (nSPS) is 11.5. The quantitative estimate of drug-likeness (QED) is 0.186.